The SMILES string of the molecule is CCOc1cccc(CN=C(N)N(CC)CC)c1. The Morgan fingerprint density at radius 2 is 2.00 bits per heavy atom. The Balaban J connectivity index is 2.67. The maximum atomic E-state index is 5.93. The van der Waals surface area contributed by atoms with Crippen molar-refractivity contribution in [3.63, 3.8) is 0 Å². The number of ether oxygens (including phenoxy) is 1. The fourth-order valence-corrected chi connectivity index (χ4v) is 1.72. The maximum Gasteiger partial charge on any atom is 0.191 e. The Morgan fingerprint density at radius 1 is 1.28 bits per heavy atom. The predicted octanol–water partition coefficient (Wildman–Crippen LogP) is 2.24. The molecule has 0 saturated carbocycles. The minimum Gasteiger partial charge on any atom is -0.494 e. The highest BCUT2D eigenvalue weighted by atomic mass is 16.5. The van der Waals surface area contributed by atoms with Crippen LogP contribution in [0.1, 0.15) is 26.3 Å². The van der Waals surface area contributed by atoms with E-state index in [0.29, 0.717) is 19.1 Å². The van der Waals surface area contributed by atoms with Crippen LogP contribution in [-0.4, -0.2) is 30.6 Å². The van der Waals surface area contributed by atoms with Gasteiger partial charge in [-0.25, -0.2) is 4.99 Å². The number of guanidine groups is 1. The minimum atomic E-state index is 0.587. The second-order valence-corrected chi connectivity index (χ2v) is 3.93. The molecule has 0 saturated heterocycles. The molecule has 0 aromatic heterocycles. The summed E-state index contributed by atoms with van der Waals surface area (Å²) in [6.45, 7) is 9.14. The molecule has 0 fully saturated rings. The van der Waals surface area contributed by atoms with Gasteiger partial charge in [0.15, 0.2) is 5.96 Å². The van der Waals surface area contributed by atoms with E-state index >= 15 is 0 Å². The highest BCUT2D eigenvalue weighted by molar-refractivity contribution is 5.78. The molecule has 0 radical (unpaired) electrons. The molecule has 0 heterocycles. The molecule has 1 rings (SSSR count). The quantitative estimate of drug-likeness (QED) is 0.621. The fraction of sp³-hybridized carbons (Fsp3) is 0.500. The summed E-state index contributed by atoms with van der Waals surface area (Å²) in [5.74, 6) is 1.48. The van der Waals surface area contributed by atoms with Gasteiger partial charge < -0.3 is 15.4 Å². The van der Waals surface area contributed by atoms with Crippen LogP contribution in [0, 0.1) is 0 Å². The lowest BCUT2D eigenvalue weighted by atomic mass is 10.2. The highest BCUT2D eigenvalue weighted by Crippen LogP contribution is 2.13. The fourth-order valence-electron chi connectivity index (χ4n) is 1.72. The molecule has 0 aliphatic heterocycles. The Bertz CT molecular complexity index is 386. The standard InChI is InChI=1S/C14H23N3O/c1-4-17(5-2)14(15)16-11-12-8-7-9-13(10-12)18-6-3/h7-10H,4-6,11H2,1-3H3,(H2,15,16). The molecule has 0 bridgehead atoms. The molecule has 0 amide bonds. The third-order valence-electron chi connectivity index (χ3n) is 2.72. The van der Waals surface area contributed by atoms with E-state index in [1.165, 1.54) is 0 Å². The van der Waals surface area contributed by atoms with Crippen LogP contribution < -0.4 is 10.5 Å². The number of hydrogen-bond donors (Lipinski definition) is 1. The van der Waals surface area contributed by atoms with Gasteiger partial charge in [0.2, 0.25) is 0 Å². The topological polar surface area (TPSA) is 50.9 Å². The van der Waals surface area contributed by atoms with Crippen molar-refractivity contribution in [3.8, 4) is 5.75 Å². The zero-order chi connectivity index (χ0) is 13.4. The van der Waals surface area contributed by atoms with Crippen molar-refractivity contribution in [1.82, 2.24) is 4.90 Å². The maximum absolute atomic E-state index is 5.93. The molecule has 4 heteroatoms. The van der Waals surface area contributed by atoms with E-state index in [2.05, 4.69) is 18.8 Å². The van der Waals surface area contributed by atoms with Crippen molar-refractivity contribution in [3.05, 3.63) is 29.8 Å². The van der Waals surface area contributed by atoms with Crippen LogP contribution in [0.5, 0.6) is 5.75 Å². The summed E-state index contributed by atoms with van der Waals surface area (Å²) in [7, 11) is 0. The summed E-state index contributed by atoms with van der Waals surface area (Å²) >= 11 is 0. The summed E-state index contributed by atoms with van der Waals surface area (Å²) in [5.41, 5.74) is 7.04. The molecule has 0 atom stereocenters. The van der Waals surface area contributed by atoms with E-state index in [-0.39, 0.29) is 0 Å². The molecule has 0 aliphatic carbocycles. The lowest BCUT2D eigenvalue weighted by Crippen LogP contribution is -2.37. The van der Waals surface area contributed by atoms with Gasteiger partial charge in [-0.3, -0.25) is 0 Å². The van der Waals surface area contributed by atoms with Crippen molar-refractivity contribution in [2.24, 2.45) is 10.7 Å². The molecule has 0 spiro atoms. The van der Waals surface area contributed by atoms with E-state index in [0.717, 1.165) is 24.4 Å². The molecule has 0 unspecified atom stereocenters. The van der Waals surface area contributed by atoms with Crippen molar-refractivity contribution in [2.45, 2.75) is 27.3 Å². The van der Waals surface area contributed by atoms with Crippen LogP contribution in [0.3, 0.4) is 0 Å². The van der Waals surface area contributed by atoms with Crippen molar-refractivity contribution in [2.75, 3.05) is 19.7 Å². The average molecular weight is 249 g/mol. The van der Waals surface area contributed by atoms with Gasteiger partial charge in [0.1, 0.15) is 5.75 Å². The largest absolute Gasteiger partial charge is 0.494 e. The van der Waals surface area contributed by atoms with Crippen LogP contribution in [0.2, 0.25) is 0 Å². The number of nitrogens with two attached hydrogens (primary N) is 1. The molecule has 100 valence electrons. The molecular weight excluding hydrogens is 226 g/mol. The molecule has 2 N–H and O–H groups in total. The Morgan fingerprint density at radius 3 is 2.61 bits per heavy atom. The zero-order valence-corrected chi connectivity index (χ0v) is 11.5. The number of benzene rings is 1. The van der Waals surface area contributed by atoms with Gasteiger partial charge in [0.05, 0.1) is 13.2 Å². The first kappa shape index (κ1) is 14.4. The molecular formula is C14H23N3O. The third-order valence-corrected chi connectivity index (χ3v) is 2.72. The average Bonchev–Trinajstić information content (AvgIpc) is 2.39. The van der Waals surface area contributed by atoms with Crippen LogP contribution in [0.15, 0.2) is 29.3 Å². The molecule has 1 aromatic carbocycles. The highest BCUT2D eigenvalue weighted by Gasteiger charge is 2.02. The van der Waals surface area contributed by atoms with E-state index in [4.69, 9.17) is 10.5 Å². The number of nitrogens with zero attached hydrogens (tertiary/aromatic N) is 2. The first-order chi connectivity index (χ1) is 8.71. The van der Waals surface area contributed by atoms with E-state index in [9.17, 15) is 0 Å². The van der Waals surface area contributed by atoms with Crippen LogP contribution >= 0.6 is 0 Å². The van der Waals surface area contributed by atoms with Gasteiger partial charge in [-0.05, 0) is 38.5 Å². The third kappa shape index (κ3) is 4.28. The Hall–Kier alpha value is -1.71. The normalized spacial score (nSPS) is 11.4. The number of aliphatic imine (C=N–C) groups is 1. The van der Waals surface area contributed by atoms with Crippen LogP contribution in [-0.2, 0) is 6.54 Å². The van der Waals surface area contributed by atoms with Gasteiger partial charge in [0, 0.05) is 13.1 Å². The minimum absolute atomic E-state index is 0.587. The van der Waals surface area contributed by atoms with Gasteiger partial charge in [0.25, 0.3) is 0 Å². The van der Waals surface area contributed by atoms with E-state index < -0.39 is 0 Å². The van der Waals surface area contributed by atoms with Crippen molar-refractivity contribution < 1.29 is 4.74 Å². The lowest BCUT2D eigenvalue weighted by molar-refractivity contribution is 0.340. The lowest BCUT2D eigenvalue weighted by Gasteiger charge is -2.19. The number of hydrogen-bond acceptors (Lipinski definition) is 2. The predicted molar refractivity (Wildman–Crippen MR) is 75.9 cm³/mol. The van der Waals surface area contributed by atoms with Crippen LogP contribution in [0.4, 0.5) is 0 Å². The zero-order valence-electron chi connectivity index (χ0n) is 11.5. The van der Waals surface area contributed by atoms with Gasteiger partial charge in [-0.1, -0.05) is 12.1 Å². The Labute approximate surface area is 109 Å². The molecule has 4 nitrogen and oxygen atoms in total. The summed E-state index contributed by atoms with van der Waals surface area (Å²) in [6, 6.07) is 7.96. The molecule has 18 heavy (non-hydrogen) atoms. The van der Waals surface area contributed by atoms with Gasteiger partial charge in [-0.15, -0.1) is 0 Å². The summed E-state index contributed by atoms with van der Waals surface area (Å²) in [6.07, 6.45) is 0. The monoisotopic (exact) mass is 249 g/mol. The van der Waals surface area contributed by atoms with Gasteiger partial charge in [-0.2, -0.15) is 0 Å². The van der Waals surface area contributed by atoms with Crippen molar-refractivity contribution in [1.29, 1.82) is 0 Å². The van der Waals surface area contributed by atoms with Gasteiger partial charge >= 0.3 is 0 Å². The summed E-state index contributed by atoms with van der Waals surface area (Å²) < 4.78 is 5.45. The van der Waals surface area contributed by atoms with Crippen molar-refractivity contribution >= 4 is 5.96 Å². The van der Waals surface area contributed by atoms with E-state index in [1.807, 2.05) is 36.1 Å². The Kier molecular flexibility index (Phi) is 6.05. The molecule has 0 aliphatic rings. The second kappa shape index (κ2) is 7.58. The number of rotatable bonds is 6. The first-order valence-corrected chi connectivity index (χ1v) is 6.47. The summed E-state index contributed by atoms with van der Waals surface area (Å²) in [4.78, 5) is 6.44. The first-order valence-electron chi connectivity index (χ1n) is 6.47. The molecule has 1 aromatic rings. The second-order valence-electron chi connectivity index (χ2n) is 3.93. The van der Waals surface area contributed by atoms with E-state index in [1.54, 1.807) is 0 Å². The summed E-state index contributed by atoms with van der Waals surface area (Å²) in [5, 5.41) is 0. The smallest absolute Gasteiger partial charge is 0.191 e. The van der Waals surface area contributed by atoms with Crippen LogP contribution in [0.25, 0.3) is 0 Å².